The van der Waals surface area contributed by atoms with Crippen molar-refractivity contribution < 1.29 is 14.3 Å². The summed E-state index contributed by atoms with van der Waals surface area (Å²) in [7, 11) is 0. The van der Waals surface area contributed by atoms with Gasteiger partial charge < -0.3 is 10.4 Å². The Morgan fingerprint density at radius 3 is 2.67 bits per heavy atom. The number of hydrogen-bond acceptors (Lipinski definition) is 4. The lowest BCUT2D eigenvalue weighted by Crippen LogP contribution is -2.43. The summed E-state index contributed by atoms with van der Waals surface area (Å²) in [6.07, 6.45) is 3.72. The van der Waals surface area contributed by atoms with Gasteiger partial charge >= 0.3 is 0 Å². The molecule has 1 aromatic heterocycles. The highest BCUT2D eigenvalue weighted by Crippen LogP contribution is 2.31. The standard InChI is InChI=1S/C27H30FN3O2/c1-18-13-20(14-19(2)26(18)32)16-31-12-6-8-22(17-31)25(24-10-3-4-11-29-24)30-27(33)21-7-5-9-23(28)15-21/h3-5,7,9-11,13-15,22,25,32H,6,8,12,16-17H2,1-2H3,(H,30,33)/t22-,25+/m0/s1. The molecule has 5 nitrogen and oxygen atoms in total. The predicted octanol–water partition coefficient (Wildman–Crippen LogP) is 4.93. The maximum absolute atomic E-state index is 13.7. The molecule has 172 valence electrons. The lowest BCUT2D eigenvalue weighted by Gasteiger charge is -2.37. The summed E-state index contributed by atoms with van der Waals surface area (Å²) >= 11 is 0. The molecule has 0 unspecified atom stereocenters. The Labute approximate surface area is 194 Å². The van der Waals surface area contributed by atoms with Crippen molar-refractivity contribution in [3.05, 3.63) is 94.6 Å². The van der Waals surface area contributed by atoms with E-state index in [1.165, 1.54) is 17.7 Å². The quantitative estimate of drug-likeness (QED) is 0.563. The van der Waals surface area contributed by atoms with Crippen LogP contribution in [-0.2, 0) is 6.54 Å². The Balaban J connectivity index is 1.53. The van der Waals surface area contributed by atoms with Crippen molar-refractivity contribution in [1.82, 2.24) is 15.2 Å². The van der Waals surface area contributed by atoms with Crippen LogP contribution in [0.5, 0.6) is 5.75 Å². The van der Waals surface area contributed by atoms with Gasteiger partial charge in [0.15, 0.2) is 0 Å². The average Bonchev–Trinajstić information content (AvgIpc) is 2.81. The molecule has 0 radical (unpaired) electrons. The SMILES string of the molecule is Cc1cc(CN2CCC[C@H]([C@@H](NC(=O)c3cccc(F)c3)c3ccccn3)C2)cc(C)c1O. The molecule has 0 bridgehead atoms. The van der Waals surface area contributed by atoms with Crippen molar-refractivity contribution in [2.45, 2.75) is 39.3 Å². The largest absolute Gasteiger partial charge is 0.507 e. The van der Waals surface area contributed by atoms with Gasteiger partial charge in [0, 0.05) is 24.8 Å². The molecule has 2 N–H and O–H groups in total. The van der Waals surface area contributed by atoms with Crippen LogP contribution in [0, 0.1) is 25.6 Å². The number of piperidine rings is 1. The summed E-state index contributed by atoms with van der Waals surface area (Å²) in [4.78, 5) is 19.9. The summed E-state index contributed by atoms with van der Waals surface area (Å²) in [6, 6.07) is 15.3. The normalized spacial score (nSPS) is 17.5. The Bertz CT molecular complexity index is 1100. The van der Waals surface area contributed by atoms with Gasteiger partial charge in [-0.2, -0.15) is 0 Å². The third-order valence-corrected chi connectivity index (χ3v) is 6.35. The van der Waals surface area contributed by atoms with Crippen molar-refractivity contribution >= 4 is 5.91 Å². The van der Waals surface area contributed by atoms with Gasteiger partial charge in [0.25, 0.3) is 5.91 Å². The van der Waals surface area contributed by atoms with Crippen molar-refractivity contribution in [2.24, 2.45) is 5.92 Å². The van der Waals surface area contributed by atoms with Crippen LogP contribution in [0.15, 0.2) is 60.8 Å². The number of pyridine rings is 1. The highest BCUT2D eigenvalue weighted by Gasteiger charge is 2.31. The lowest BCUT2D eigenvalue weighted by molar-refractivity contribution is 0.0874. The third kappa shape index (κ3) is 5.57. The molecule has 2 heterocycles. The molecule has 1 fully saturated rings. The molecule has 1 aliphatic heterocycles. The molecule has 1 amide bonds. The molecule has 0 spiro atoms. The number of amides is 1. The predicted molar refractivity (Wildman–Crippen MR) is 126 cm³/mol. The second-order valence-corrected chi connectivity index (χ2v) is 8.93. The minimum absolute atomic E-state index is 0.172. The first-order valence-corrected chi connectivity index (χ1v) is 11.4. The fourth-order valence-corrected chi connectivity index (χ4v) is 4.75. The zero-order valence-corrected chi connectivity index (χ0v) is 19.1. The number of aromatic nitrogens is 1. The molecular formula is C27H30FN3O2. The Hall–Kier alpha value is -3.25. The van der Waals surface area contributed by atoms with E-state index in [0.29, 0.717) is 11.3 Å². The number of phenolic OH excluding ortho intramolecular Hbond substituents is 1. The fourth-order valence-electron chi connectivity index (χ4n) is 4.75. The van der Waals surface area contributed by atoms with E-state index in [1.54, 1.807) is 18.3 Å². The molecule has 1 aliphatic rings. The van der Waals surface area contributed by atoms with Crippen molar-refractivity contribution in [3.63, 3.8) is 0 Å². The summed E-state index contributed by atoms with van der Waals surface area (Å²) in [5.74, 6) is -0.205. The Kier molecular flexibility index (Phi) is 7.04. The number of aromatic hydroxyl groups is 1. The molecule has 2 aromatic carbocycles. The van der Waals surface area contributed by atoms with Crippen LogP contribution >= 0.6 is 0 Å². The van der Waals surface area contributed by atoms with Gasteiger partial charge in [-0.25, -0.2) is 4.39 Å². The number of halogens is 1. The number of rotatable bonds is 6. The van der Waals surface area contributed by atoms with E-state index in [2.05, 4.69) is 15.2 Å². The van der Waals surface area contributed by atoms with Gasteiger partial charge in [0.1, 0.15) is 11.6 Å². The molecule has 0 aliphatic carbocycles. The summed E-state index contributed by atoms with van der Waals surface area (Å²) in [6.45, 7) is 6.41. The molecule has 0 saturated carbocycles. The van der Waals surface area contributed by atoms with E-state index in [-0.39, 0.29) is 17.9 Å². The van der Waals surface area contributed by atoms with Crippen molar-refractivity contribution in [2.75, 3.05) is 13.1 Å². The molecule has 4 rings (SSSR count). The number of phenols is 1. The number of likely N-dealkylation sites (tertiary alicyclic amines) is 1. The number of carbonyl (C=O) groups is 1. The van der Waals surface area contributed by atoms with Crippen LogP contribution < -0.4 is 5.32 Å². The summed E-state index contributed by atoms with van der Waals surface area (Å²) in [5.41, 5.74) is 4.05. The summed E-state index contributed by atoms with van der Waals surface area (Å²) < 4.78 is 13.7. The first-order valence-electron chi connectivity index (χ1n) is 11.4. The van der Waals surface area contributed by atoms with E-state index in [4.69, 9.17) is 0 Å². The molecule has 2 atom stereocenters. The van der Waals surface area contributed by atoms with Crippen LogP contribution in [0.1, 0.15) is 51.6 Å². The highest BCUT2D eigenvalue weighted by atomic mass is 19.1. The van der Waals surface area contributed by atoms with Crippen LogP contribution in [0.25, 0.3) is 0 Å². The highest BCUT2D eigenvalue weighted by molar-refractivity contribution is 5.94. The number of aryl methyl sites for hydroxylation is 2. The second kappa shape index (κ2) is 10.1. The lowest BCUT2D eigenvalue weighted by atomic mass is 9.88. The maximum Gasteiger partial charge on any atom is 0.251 e. The van der Waals surface area contributed by atoms with E-state index in [9.17, 15) is 14.3 Å². The van der Waals surface area contributed by atoms with Gasteiger partial charge in [-0.05, 0) is 86.2 Å². The zero-order chi connectivity index (χ0) is 23.4. The molecular weight excluding hydrogens is 417 g/mol. The average molecular weight is 448 g/mol. The summed E-state index contributed by atoms with van der Waals surface area (Å²) in [5, 5.41) is 13.2. The maximum atomic E-state index is 13.7. The van der Waals surface area contributed by atoms with Crippen molar-refractivity contribution in [3.8, 4) is 5.75 Å². The van der Waals surface area contributed by atoms with Gasteiger partial charge in [0.2, 0.25) is 0 Å². The second-order valence-electron chi connectivity index (χ2n) is 8.93. The monoisotopic (exact) mass is 447 g/mol. The topological polar surface area (TPSA) is 65.5 Å². The Morgan fingerprint density at radius 2 is 1.97 bits per heavy atom. The van der Waals surface area contributed by atoms with Gasteiger partial charge in [-0.15, -0.1) is 0 Å². The smallest absolute Gasteiger partial charge is 0.251 e. The van der Waals surface area contributed by atoms with E-state index in [0.717, 1.165) is 49.3 Å². The number of carbonyl (C=O) groups excluding carboxylic acids is 1. The number of nitrogens with zero attached hydrogens (tertiary/aromatic N) is 2. The molecule has 6 heteroatoms. The fraction of sp³-hybridized carbons (Fsp3) is 0.333. The zero-order valence-electron chi connectivity index (χ0n) is 19.1. The van der Waals surface area contributed by atoms with Gasteiger partial charge in [0.05, 0.1) is 11.7 Å². The first kappa shape index (κ1) is 22.9. The van der Waals surface area contributed by atoms with E-state index >= 15 is 0 Å². The molecule has 33 heavy (non-hydrogen) atoms. The minimum Gasteiger partial charge on any atom is -0.507 e. The molecule has 1 saturated heterocycles. The number of hydrogen-bond donors (Lipinski definition) is 2. The third-order valence-electron chi connectivity index (χ3n) is 6.35. The van der Waals surface area contributed by atoms with Crippen LogP contribution in [0.2, 0.25) is 0 Å². The van der Waals surface area contributed by atoms with Crippen LogP contribution in [0.3, 0.4) is 0 Å². The minimum atomic E-state index is -0.430. The number of nitrogens with one attached hydrogen (secondary N) is 1. The van der Waals surface area contributed by atoms with Gasteiger partial charge in [-0.1, -0.05) is 24.3 Å². The molecule has 3 aromatic rings. The van der Waals surface area contributed by atoms with Crippen molar-refractivity contribution in [1.29, 1.82) is 0 Å². The first-order chi connectivity index (χ1) is 15.9. The van der Waals surface area contributed by atoms with Crippen LogP contribution in [-0.4, -0.2) is 34.0 Å². The van der Waals surface area contributed by atoms with Gasteiger partial charge in [-0.3, -0.25) is 14.7 Å². The Morgan fingerprint density at radius 1 is 1.18 bits per heavy atom. The number of benzene rings is 2. The van der Waals surface area contributed by atoms with E-state index in [1.807, 2.05) is 44.2 Å². The van der Waals surface area contributed by atoms with E-state index < -0.39 is 5.82 Å². The van der Waals surface area contributed by atoms with Crippen LogP contribution in [0.4, 0.5) is 4.39 Å².